The first-order chi connectivity index (χ1) is 7.71. The Hall–Kier alpha value is -1.09. The lowest BCUT2D eigenvalue weighted by Gasteiger charge is -2.21. The Morgan fingerprint density at radius 2 is 2.00 bits per heavy atom. The first-order valence-electron chi connectivity index (χ1n) is 5.44. The second-order valence-corrected chi connectivity index (χ2v) is 5.52. The maximum absolute atomic E-state index is 13.8. The van der Waals surface area contributed by atoms with Gasteiger partial charge in [-0.25, -0.2) is 4.39 Å². The summed E-state index contributed by atoms with van der Waals surface area (Å²) in [5.41, 5.74) is 0.806. The molecule has 1 aromatic carbocycles. The van der Waals surface area contributed by atoms with Crippen LogP contribution in [-0.2, 0) is 10.2 Å². The molecule has 0 fully saturated rings. The lowest BCUT2D eigenvalue weighted by molar-refractivity contribution is -0.115. The van der Waals surface area contributed by atoms with Gasteiger partial charge in [0, 0.05) is 5.02 Å². The Morgan fingerprint density at radius 3 is 2.47 bits per heavy atom. The van der Waals surface area contributed by atoms with E-state index in [1.165, 1.54) is 19.1 Å². The molecule has 0 spiro atoms. The van der Waals surface area contributed by atoms with Crippen LogP contribution in [0.15, 0.2) is 12.1 Å². The van der Waals surface area contributed by atoms with Gasteiger partial charge in [-0.2, -0.15) is 0 Å². The van der Waals surface area contributed by atoms with Crippen molar-refractivity contribution in [2.45, 2.75) is 33.1 Å². The molecule has 0 radical (unpaired) electrons. The largest absolute Gasteiger partial charge is 0.376 e. The van der Waals surface area contributed by atoms with Gasteiger partial charge in [-0.15, -0.1) is 0 Å². The summed E-state index contributed by atoms with van der Waals surface area (Å²) in [5, 5.41) is 3.23. The second kappa shape index (κ2) is 5.05. The van der Waals surface area contributed by atoms with Gasteiger partial charge < -0.3 is 5.32 Å². The molecule has 2 nitrogen and oxygen atoms in total. The number of hydrogen-bond acceptors (Lipinski definition) is 2. The summed E-state index contributed by atoms with van der Waals surface area (Å²) in [4.78, 5) is 10.8. The summed E-state index contributed by atoms with van der Waals surface area (Å²) in [6, 6.07) is 2.95. The number of nitrogens with one attached hydrogen (secondary N) is 1. The minimum atomic E-state index is -0.388. The van der Waals surface area contributed by atoms with Crippen molar-refractivity contribution in [2.75, 3.05) is 11.9 Å². The number of Topliss-reactive ketones (excluding diaryl/α,β-unsaturated/α-hetero) is 1. The Morgan fingerprint density at radius 1 is 1.41 bits per heavy atom. The molecule has 17 heavy (non-hydrogen) atoms. The molecule has 0 amide bonds. The van der Waals surface area contributed by atoms with Crippen LogP contribution in [0, 0.1) is 5.82 Å². The van der Waals surface area contributed by atoms with Gasteiger partial charge in [-0.1, -0.05) is 32.4 Å². The van der Waals surface area contributed by atoms with Gasteiger partial charge in [0.25, 0.3) is 0 Å². The van der Waals surface area contributed by atoms with Gasteiger partial charge in [0.2, 0.25) is 0 Å². The standard InChI is InChI=1S/C13H17ClFNO/c1-8(17)7-16-12-6-10(14)9(5-11(12)15)13(2,3)4/h5-6,16H,7H2,1-4H3. The van der Waals surface area contributed by atoms with E-state index in [4.69, 9.17) is 11.6 Å². The predicted octanol–water partition coefficient (Wildman–Crippen LogP) is 3.78. The number of halogens is 2. The van der Waals surface area contributed by atoms with Crippen LogP contribution in [0.5, 0.6) is 0 Å². The quantitative estimate of drug-likeness (QED) is 0.893. The molecule has 0 aliphatic rings. The molecule has 0 atom stereocenters. The second-order valence-electron chi connectivity index (χ2n) is 5.12. The summed E-state index contributed by atoms with van der Waals surface area (Å²) in [7, 11) is 0. The van der Waals surface area contributed by atoms with Crippen molar-refractivity contribution in [3.8, 4) is 0 Å². The highest BCUT2D eigenvalue weighted by Crippen LogP contribution is 2.33. The highest BCUT2D eigenvalue weighted by atomic mass is 35.5. The number of carbonyl (C=O) groups is 1. The van der Waals surface area contributed by atoms with Crippen molar-refractivity contribution in [2.24, 2.45) is 0 Å². The smallest absolute Gasteiger partial charge is 0.148 e. The molecule has 0 unspecified atom stereocenters. The zero-order chi connectivity index (χ0) is 13.2. The summed E-state index contributed by atoms with van der Waals surface area (Å²) < 4.78 is 13.8. The number of anilines is 1. The van der Waals surface area contributed by atoms with Crippen molar-refractivity contribution in [3.05, 3.63) is 28.5 Å². The lowest BCUT2D eigenvalue weighted by Crippen LogP contribution is -2.15. The van der Waals surface area contributed by atoms with Crippen LogP contribution < -0.4 is 5.32 Å². The minimum absolute atomic E-state index is 0.0552. The van der Waals surface area contributed by atoms with E-state index in [2.05, 4.69) is 5.32 Å². The van der Waals surface area contributed by atoms with Gasteiger partial charge in [-0.3, -0.25) is 4.79 Å². The Labute approximate surface area is 106 Å². The third-order valence-corrected chi connectivity index (χ3v) is 2.71. The normalized spacial score (nSPS) is 11.4. The SMILES string of the molecule is CC(=O)CNc1cc(Cl)c(C(C)(C)C)cc1F. The monoisotopic (exact) mass is 257 g/mol. The first-order valence-corrected chi connectivity index (χ1v) is 5.82. The fraction of sp³-hybridized carbons (Fsp3) is 0.462. The molecule has 1 N–H and O–H groups in total. The molecule has 0 saturated carbocycles. The van der Waals surface area contributed by atoms with Gasteiger partial charge in [0.05, 0.1) is 12.2 Å². The zero-order valence-electron chi connectivity index (χ0n) is 10.5. The van der Waals surface area contributed by atoms with Crippen molar-refractivity contribution in [1.82, 2.24) is 0 Å². The minimum Gasteiger partial charge on any atom is -0.376 e. The lowest BCUT2D eigenvalue weighted by atomic mass is 9.87. The van der Waals surface area contributed by atoms with Crippen LogP contribution in [0.25, 0.3) is 0 Å². The number of ketones is 1. The highest BCUT2D eigenvalue weighted by Gasteiger charge is 2.19. The molecule has 0 aliphatic heterocycles. The summed E-state index contributed by atoms with van der Waals surface area (Å²) >= 11 is 6.11. The molecular weight excluding hydrogens is 241 g/mol. The van der Waals surface area contributed by atoms with Gasteiger partial charge >= 0.3 is 0 Å². The van der Waals surface area contributed by atoms with Crippen LogP contribution in [0.2, 0.25) is 5.02 Å². The molecule has 1 rings (SSSR count). The van der Waals surface area contributed by atoms with Crippen molar-refractivity contribution >= 4 is 23.1 Å². The van der Waals surface area contributed by atoms with E-state index in [0.29, 0.717) is 5.02 Å². The van der Waals surface area contributed by atoms with E-state index in [0.717, 1.165) is 5.56 Å². The van der Waals surface area contributed by atoms with E-state index in [1.807, 2.05) is 20.8 Å². The Kier molecular flexibility index (Phi) is 4.15. The maximum atomic E-state index is 13.8. The number of hydrogen-bond donors (Lipinski definition) is 1. The van der Waals surface area contributed by atoms with Crippen LogP contribution in [-0.4, -0.2) is 12.3 Å². The molecular formula is C13H17ClFNO. The molecule has 0 aromatic heterocycles. The molecule has 94 valence electrons. The number of benzene rings is 1. The Bertz CT molecular complexity index is 438. The predicted molar refractivity (Wildman–Crippen MR) is 69.3 cm³/mol. The van der Waals surface area contributed by atoms with Crippen molar-refractivity contribution < 1.29 is 9.18 Å². The number of carbonyl (C=O) groups excluding carboxylic acids is 1. The average Bonchev–Trinajstić information content (AvgIpc) is 2.17. The van der Waals surface area contributed by atoms with Crippen LogP contribution in [0.3, 0.4) is 0 Å². The van der Waals surface area contributed by atoms with E-state index < -0.39 is 0 Å². The molecule has 0 heterocycles. The van der Waals surface area contributed by atoms with Gasteiger partial charge in [-0.05, 0) is 30.0 Å². The van der Waals surface area contributed by atoms with Crippen LogP contribution in [0.4, 0.5) is 10.1 Å². The zero-order valence-corrected chi connectivity index (χ0v) is 11.3. The van der Waals surface area contributed by atoms with Crippen molar-refractivity contribution in [3.63, 3.8) is 0 Å². The van der Waals surface area contributed by atoms with E-state index in [1.54, 1.807) is 0 Å². The van der Waals surface area contributed by atoms with E-state index in [9.17, 15) is 9.18 Å². The molecule has 0 saturated heterocycles. The maximum Gasteiger partial charge on any atom is 0.148 e. The highest BCUT2D eigenvalue weighted by molar-refractivity contribution is 6.31. The van der Waals surface area contributed by atoms with E-state index in [-0.39, 0.29) is 29.2 Å². The first kappa shape index (κ1) is 14.0. The fourth-order valence-corrected chi connectivity index (χ4v) is 1.92. The molecule has 0 bridgehead atoms. The van der Waals surface area contributed by atoms with Crippen molar-refractivity contribution in [1.29, 1.82) is 0 Å². The number of rotatable bonds is 3. The van der Waals surface area contributed by atoms with Crippen LogP contribution in [0.1, 0.15) is 33.3 Å². The van der Waals surface area contributed by atoms with E-state index >= 15 is 0 Å². The van der Waals surface area contributed by atoms with Gasteiger partial charge in [0.15, 0.2) is 0 Å². The molecule has 0 aliphatic carbocycles. The Balaban J connectivity index is 3.06. The molecule has 1 aromatic rings. The summed E-state index contributed by atoms with van der Waals surface area (Å²) in [5.74, 6) is -0.444. The third kappa shape index (κ3) is 3.70. The summed E-state index contributed by atoms with van der Waals surface area (Å²) in [6.45, 7) is 7.45. The summed E-state index contributed by atoms with van der Waals surface area (Å²) in [6.07, 6.45) is 0. The average molecular weight is 258 g/mol. The topological polar surface area (TPSA) is 29.1 Å². The fourth-order valence-electron chi connectivity index (χ4n) is 1.48. The molecule has 4 heteroatoms. The van der Waals surface area contributed by atoms with Crippen LogP contribution >= 0.6 is 11.6 Å². The third-order valence-electron chi connectivity index (χ3n) is 2.39. The van der Waals surface area contributed by atoms with Gasteiger partial charge in [0.1, 0.15) is 11.6 Å².